The van der Waals surface area contributed by atoms with Crippen LogP contribution in [0.2, 0.25) is 0 Å². The van der Waals surface area contributed by atoms with E-state index in [-0.39, 0.29) is 29.6 Å². The number of piperidine rings is 1. The Bertz CT molecular complexity index is 1730. The molecule has 1 fully saturated rings. The number of aromatic nitrogens is 5. The Labute approximate surface area is 237 Å². The summed E-state index contributed by atoms with van der Waals surface area (Å²) in [6.07, 6.45) is 4.94. The van der Waals surface area contributed by atoms with Crippen LogP contribution in [0.5, 0.6) is 0 Å². The zero-order valence-electron chi connectivity index (χ0n) is 21.5. The highest BCUT2D eigenvalue weighted by Crippen LogP contribution is 2.32. The molecule has 2 unspecified atom stereocenters. The molecule has 1 aliphatic heterocycles. The number of halogens is 2. The number of benzene rings is 3. The number of rotatable bonds is 5. The molecule has 202 valence electrons. The molecular formula is C29H25BrFN7O2. The normalized spacial score (nSPS) is 17.2. The molecule has 0 radical (unpaired) electrons. The van der Waals surface area contributed by atoms with Crippen molar-refractivity contribution in [1.82, 2.24) is 29.9 Å². The zero-order valence-corrected chi connectivity index (χ0v) is 23.1. The molecule has 2 N–H and O–H groups in total. The zero-order chi connectivity index (χ0) is 27.8. The van der Waals surface area contributed by atoms with Crippen molar-refractivity contribution in [3.8, 4) is 5.69 Å². The number of anilines is 1. The van der Waals surface area contributed by atoms with E-state index in [4.69, 9.17) is 0 Å². The van der Waals surface area contributed by atoms with Crippen molar-refractivity contribution in [2.75, 3.05) is 11.9 Å². The highest BCUT2D eigenvalue weighted by atomic mass is 79.9. The predicted octanol–water partition coefficient (Wildman–Crippen LogP) is 5.71. The molecule has 9 nitrogen and oxygen atoms in total. The van der Waals surface area contributed by atoms with Crippen molar-refractivity contribution < 1.29 is 14.0 Å². The lowest BCUT2D eigenvalue weighted by Crippen LogP contribution is -2.44. The number of likely N-dealkylation sites (tertiary alicyclic amines) is 1. The lowest BCUT2D eigenvalue weighted by molar-refractivity contribution is 0.0614. The van der Waals surface area contributed by atoms with Crippen LogP contribution in [0.15, 0.2) is 77.7 Å². The van der Waals surface area contributed by atoms with Gasteiger partial charge in [-0.15, -0.1) is 5.10 Å². The van der Waals surface area contributed by atoms with Gasteiger partial charge in [0.2, 0.25) is 0 Å². The fourth-order valence-corrected chi connectivity index (χ4v) is 5.50. The average Bonchev–Trinajstić information content (AvgIpc) is 3.64. The Balaban J connectivity index is 1.11. The lowest BCUT2D eigenvalue weighted by Gasteiger charge is -2.37. The number of nitrogens with zero attached hydrogens (tertiary/aromatic N) is 5. The number of nitrogens with one attached hydrogen (secondary N) is 2. The molecule has 1 saturated heterocycles. The van der Waals surface area contributed by atoms with Gasteiger partial charge in [-0.3, -0.25) is 9.59 Å². The first kappa shape index (κ1) is 25.9. The van der Waals surface area contributed by atoms with Gasteiger partial charge in [-0.2, -0.15) is 0 Å². The molecule has 2 aromatic heterocycles. The van der Waals surface area contributed by atoms with E-state index in [1.54, 1.807) is 65.6 Å². The smallest absolute Gasteiger partial charge is 0.255 e. The Morgan fingerprint density at radius 3 is 2.80 bits per heavy atom. The summed E-state index contributed by atoms with van der Waals surface area (Å²) in [6.45, 7) is 2.60. The first-order chi connectivity index (χ1) is 19.4. The lowest BCUT2D eigenvalue weighted by atomic mass is 9.89. The van der Waals surface area contributed by atoms with Crippen molar-refractivity contribution in [3.63, 3.8) is 0 Å². The molecule has 0 bridgehead atoms. The minimum absolute atomic E-state index is 0.0178. The monoisotopic (exact) mass is 601 g/mol. The number of carbonyl (C=O) groups excluding carboxylic acids is 2. The molecule has 0 saturated carbocycles. The van der Waals surface area contributed by atoms with E-state index in [1.807, 2.05) is 18.0 Å². The Hall–Kier alpha value is -4.38. The number of imidazole rings is 1. The Kier molecular flexibility index (Phi) is 6.89. The standard InChI is InChI=1S/C29H25BrFN7O2/c1-17-11-18(27-15-38(36-35-27)22-6-7-24(31)23(30)14-22)9-10-37(17)29(40)20-3-2-4-21(12-20)34-28(39)19-5-8-25-26(13-19)33-16-32-25/h2-8,12-18H,9-11H2,1H3,(H,32,33)(H,34,39). The van der Waals surface area contributed by atoms with Crippen LogP contribution in [-0.4, -0.2) is 54.3 Å². The first-order valence-corrected chi connectivity index (χ1v) is 13.7. The SMILES string of the molecule is CC1CC(c2cn(-c3ccc(F)c(Br)c3)nn2)CCN1C(=O)c1cccc(NC(=O)c2ccc3nc[nH]c3c2)c1. The molecule has 0 aliphatic carbocycles. The second-order valence-electron chi connectivity index (χ2n) is 9.92. The van der Waals surface area contributed by atoms with Crippen LogP contribution in [0.3, 0.4) is 0 Å². The number of hydrogen-bond donors (Lipinski definition) is 2. The van der Waals surface area contributed by atoms with E-state index in [0.29, 0.717) is 33.5 Å². The maximum atomic E-state index is 13.6. The summed E-state index contributed by atoms with van der Waals surface area (Å²) < 4.78 is 15.6. The number of fused-ring (bicyclic) bond motifs is 1. The van der Waals surface area contributed by atoms with Crippen LogP contribution in [-0.2, 0) is 0 Å². The third-order valence-electron chi connectivity index (χ3n) is 7.28. The summed E-state index contributed by atoms with van der Waals surface area (Å²) >= 11 is 3.21. The number of amides is 2. The number of aromatic amines is 1. The van der Waals surface area contributed by atoms with Crippen molar-refractivity contribution in [3.05, 3.63) is 100 Å². The van der Waals surface area contributed by atoms with E-state index in [9.17, 15) is 14.0 Å². The molecule has 0 spiro atoms. The summed E-state index contributed by atoms with van der Waals surface area (Å²) in [7, 11) is 0. The average molecular weight is 602 g/mol. The maximum Gasteiger partial charge on any atom is 0.255 e. The van der Waals surface area contributed by atoms with E-state index in [1.165, 1.54) is 6.07 Å². The van der Waals surface area contributed by atoms with Gasteiger partial charge in [0.15, 0.2) is 0 Å². The van der Waals surface area contributed by atoms with E-state index in [2.05, 4.69) is 41.5 Å². The topological polar surface area (TPSA) is 109 Å². The van der Waals surface area contributed by atoms with Gasteiger partial charge in [-0.05, 0) is 90.3 Å². The summed E-state index contributed by atoms with van der Waals surface area (Å²) in [5, 5.41) is 11.5. The van der Waals surface area contributed by atoms with Crippen LogP contribution in [0.25, 0.3) is 16.7 Å². The van der Waals surface area contributed by atoms with E-state index < -0.39 is 0 Å². The van der Waals surface area contributed by atoms with E-state index >= 15 is 0 Å². The number of H-pyrrole nitrogens is 1. The van der Waals surface area contributed by atoms with Gasteiger partial charge in [-0.25, -0.2) is 14.1 Å². The summed E-state index contributed by atoms with van der Waals surface area (Å²) in [5.41, 5.74) is 4.67. The van der Waals surface area contributed by atoms with Crippen LogP contribution >= 0.6 is 15.9 Å². The van der Waals surface area contributed by atoms with Crippen LogP contribution < -0.4 is 5.32 Å². The van der Waals surface area contributed by atoms with Crippen LogP contribution in [0.1, 0.15) is 52.1 Å². The fraction of sp³-hybridized carbons (Fsp3) is 0.207. The summed E-state index contributed by atoms with van der Waals surface area (Å²) in [6, 6.07) is 16.9. The minimum atomic E-state index is -0.338. The van der Waals surface area contributed by atoms with Gasteiger partial charge in [0.05, 0.1) is 39.4 Å². The second-order valence-corrected chi connectivity index (χ2v) is 10.8. The van der Waals surface area contributed by atoms with Crippen molar-refractivity contribution in [2.45, 2.75) is 31.7 Å². The molecule has 6 rings (SSSR count). The third-order valence-corrected chi connectivity index (χ3v) is 7.89. The van der Waals surface area contributed by atoms with Gasteiger partial charge in [0, 0.05) is 35.3 Å². The minimum Gasteiger partial charge on any atom is -0.345 e. The van der Waals surface area contributed by atoms with Crippen molar-refractivity contribution in [1.29, 1.82) is 0 Å². The maximum absolute atomic E-state index is 13.6. The van der Waals surface area contributed by atoms with Gasteiger partial charge >= 0.3 is 0 Å². The molecule has 3 heterocycles. The molecule has 11 heteroatoms. The molecule has 2 atom stereocenters. The first-order valence-electron chi connectivity index (χ1n) is 12.9. The quantitative estimate of drug-likeness (QED) is 0.268. The van der Waals surface area contributed by atoms with Crippen molar-refractivity contribution >= 4 is 44.5 Å². The molecular weight excluding hydrogens is 577 g/mol. The van der Waals surface area contributed by atoms with Gasteiger partial charge in [0.25, 0.3) is 11.8 Å². The number of hydrogen-bond acceptors (Lipinski definition) is 5. The summed E-state index contributed by atoms with van der Waals surface area (Å²) in [4.78, 5) is 35.3. The number of carbonyl (C=O) groups is 2. The molecule has 1 aliphatic rings. The summed E-state index contributed by atoms with van der Waals surface area (Å²) in [5.74, 6) is -0.540. The van der Waals surface area contributed by atoms with Gasteiger partial charge in [0.1, 0.15) is 5.82 Å². The Morgan fingerprint density at radius 2 is 1.98 bits per heavy atom. The highest BCUT2D eigenvalue weighted by molar-refractivity contribution is 9.10. The van der Waals surface area contributed by atoms with Crippen LogP contribution in [0, 0.1) is 5.82 Å². The second kappa shape index (κ2) is 10.6. The highest BCUT2D eigenvalue weighted by Gasteiger charge is 2.31. The predicted molar refractivity (Wildman–Crippen MR) is 152 cm³/mol. The third kappa shape index (κ3) is 5.12. The van der Waals surface area contributed by atoms with Gasteiger partial charge in [-0.1, -0.05) is 11.3 Å². The fourth-order valence-electron chi connectivity index (χ4n) is 5.14. The Morgan fingerprint density at radius 1 is 1.10 bits per heavy atom. The molecule has 2 amide bonds. The van der Waals surface area contributed by atoms with E-state index in [0.717, 1.165) is 29.6 Å². The molecule has 5 aromatic rings. The van der Waals surface area contributed by atoms with Crippen LogP contribution in [0.4, 0.5) is 10.1 Å². The van der Waals surface area contributed by atoms with Gasteiger partial charge < -0.3 is 15.2 Å². The largest absolute Gasteiger partial charge is 0.345 e. The molecule has 3 aromatic carbocycles. The molecule has 40 heavy (non-hydrogen) atoms. The van der Waals surface area contributed by atoms with Crippen molar-refractivity contribution in [2.24, 2.45) is 0 Å².